The van der Waals surface area contributed by atoms with E-state index < -0.39 is 18.3 Å². The summed E-state index contributed by atoms with van der Waals surface area (Å²) >= 11 is 0. The van der Waals surface area contributed by atoms with E-state index in [0.29, 0.717) is 46.6 Å². The maximum absolute atomic E-state index is 13.6. The number of hydrogen-bond acceptors (Lipinski definition) is 6. The van der Waals surface area contributed by atoms with Gasteiger partial charge < -0.3 is 15.0 Å². The van der Waals surface area contributed by atoms with Gasteiger partial charge in [0.2, 0.25) is 0 Å². The zero-order valence-electron chi connectivity index (χ0n) is 24.0. The Morgan fingerprint density at radius 1 is 1.00 bits per heavy atom. The van der Waals surface area contributed by atoms with Crippen LogP contribution in [-0.4, -0.2) is 48.3 Å². The van der Waals surface area contributed by atoms with Crippen LogP contribution in [0.3, 0.4) is 0 Å². The predicted molar refractivity (Wildman–Crippen MR) is 160 cm³/mol. The number of aromatic nitrogens is 5. The Bertz CT molecular complexity index is 1920. The number of halogens is 3. The lowest BCUT2D eigenvalue weighted by Gasteiger charge is -2.23. The molecular weight excluding hydrogens is 587 g/mol. The van der Waals surface area contributed by atoms with Gasteiger partial charge in [0.1, 0.15) is 6.54 Å². The van der Waals surface area contributed by atoms with Crippen molar-refractivity contribution >= 4 is 22.6 Å². The number of urea groups is 1. The van der Waals surface area contributed by atoms with E-state index in [4.69, 9.17) is 4.74 Å². The molecular formula is C32H28F3N7O3. The summed E-state index contributed by atoms with van der Waals surface area (Å²) in [5.74, 6) is 0. The molecule has 0 radical (unpaired) electrons. The summed E-state index contributed by atoms with van der Waals surface area (Å²) < 4.78 is 48.8. The highest BCUT2D eigenvalue weighted by Gasteiger charge is 2.31. The van der Waals surface area contributed by atoms with Crippen molar-refractivity contribution in [2.45, 2.75) is 51.3 Å². The van der Waals surface area contributed by atoms with Crippen LogP contribution in [0.4, 0.5) is 23.7 Å². The number of carbonyl (C=O) groups excluding carboxylic acids is 1. The third-order valence-electron chi connectivity index (χ3n) is 8.11. The van der Waals surface area contributed by atoms with Gasteiger partial charge in [-0.05, 0) is 66.3 Å². The lowest BCUT2D eigenvalue weighted by atomic mass is 10.0. The molecule has 230 valence electrons. The molecule has 1 saturated heterocycles. The molecule has 0 bridgehead atoms. The minimum Gasteiger partial charge on any atom is -0.356 e. The summed E-state index contributed by atoms with van der Waals surface area (Å²) in [6.45, 7) is -0.0115. The summed E-state index contributed by atoms with van der Waals surface area (Å²) in [6.07, 6.45) is 2.89. The van der Waals surface area contributed by atoms with Crippen molar-refractivity contribution in [3.8, 4) is 22.4 Å². The number of pyridine rings is 1. The monoisotopic (exact) mass is 615 g/mol. The van der Waals surface area contributed by atoms with Crippen LogP contribution in [0.15, 0.2) is 78.0 Å². The van der Waals surface area contributed by atoms with Gasteiger partial charge in [0.25, 0.3) is 5.56 Å². The zero-order chi connectivity index (χ0) is 31.1. The Balaban J connectivity index is 1.21. The minimum atomic E-state index is -4.67. The van der Waals surface area contributed by atoms with Crippen molar-refractivity contribution in [1.82, 2.24) is 29.4 Å². The standard InChI is InChI=1S/C32H28F3N7O3/c33-32(34,35)19-41-30(43)25(24-4-3-5-28-26(24)16-37-42(28)29-6-1-2-13-45-29)14-27(39-41)20-7-9-23(10-8-20)38-31(44)40-17-21-11-12-36-15-22(21)18-40/h3-5,7-12,14-16,29H,1-2,6,13,17-19H2,(H,38,44). The van der Waals surface area contributed by atoms with Gasteiger partial charge in [0.05, 0.1) is 23.0 Å². The molecule has 45 heavy (non-hydrogen) atoms. The third kappa shape index (κ3) is 5.78. The van der Waals surface area contributed by atoms with E-state index in [-0.39, 0.29) is 23.5 Å². The van der Waals surface area contributed by atoms with Crippen molar-refractivity contribution in [2.24, 2.45) is 0 Å². The number of alkyl halides is 3. The second-order valence-electron chi connectivity index (χ2n) is 11.2. The van der Waals surface area contributed by atoms with Crippen LogP contribution in [-0.2, 0) is 24.4 Å². The molecule has 1 N–H and O–H groups in total. The lowest BCUT2D eigenvalue weighted by Crippen LogP contribution is -2.31. The van der Waals surface area contributed by atoms with Crippen LogP contribution >= 0.6 is 0 Å². The number of benzene rings is 2. The predicted octanol–water partition coefficient (Wildman–Crippen LogP) is 6.13. The van der Waals surface area contributed by atoms with Crippen molar-refractivity contribution in [2.75, 3.05) is 11.9 Å². The average Bonchev–Trinajstić information content (AvgIpc) is 3.67. The normalized spacial score (nSPS) is 16.6. The lowest BCUT2D eigenvalue weighted by molar-refractivity contribution is -0.143. The molecule has 2 aromatic carbocycles. The first kappa shape index (κ1) is 28.7. The van der Waals surface area contributed by atoms with Crippen LogP contribution in [0.1, 0.15) is 36.6 Å². The largest absolute Gasteiger partial charge is 0.408 e. The van der Waals surface area contributed by atoms with E-state index in [1.54, 1.807) is 64.6 Å². The Labute approximate surface area is 255 Å². The zero-order valence-corrected chi connectivity index (χ0v) is 24.0. The highest BCUT2D eigenvalue weighted by atomic mass is 19.4. The van der Waals surface area contributed by atoms with Crippen LogP contribution in [0.5, 0.6) is 0 Å². The highest BCUT2D eigenvalue weighted by Crippen LogP contribution is 2.33. The van der Waals surface area contributed by atoms with E-state index >= 15 is 0 Å². The number of rotatable bonds is 5. The van der Waals surface area contributed by atoms with Crippen molar-refractivity contribution in [1.29, 1.82) is 0 Å². The maximum atomic E-state index is 13.6. The fourth-order valence-corrected chi connectivity index (χ4v) is 5.89. The van der Waals surface area contributed by atoms with Crippen LogP contribution in [0.2, 0.25) is 0 Å². The molecule has 2 aliphatic heterocycles. The average molecular weight is 616 g/mol. The first-order chi connectivity index (χ1) is 21.7. The van der Waals surface area contributed by atoms with Crippen molar-refractivity contribution < 1.29 is 22.7 Å². The smallest absolute Gasteiger partial charge is 0.356 e. The fourth-order valence-electron chi connectivity index (χ4n) is 5.89. The number of hydrogen-bond donors (Lipinski definition) is 1. The van der Waals surface area contributed by atoms with Crippen LogP contribution in [0, 0.1) is 0 Å². The van der Waals surface area contributed by atoms with E-state index in [9.17, 15) is 22.8 Å². The molecule has 1 unspecified atom stereocenters. The first-order valence-corrected chi connectivity index (χ1v) is 14.6. The van der Waals surface area contributed by atoms with Gasteiger partial charge >= 0.3 is 12.2 Å². The molecule has 1 atom stereocenters. The Kier molecular flexibility index (Phi) is 7.32. The second-order valence-corrected chi connectivity index (χ2v) is 11.2. The first-order valence-electron chi connectivity index (χ1n) is 14.6. The molecule has 7 rings (SSSR count). The summed E-state index contributed by atoms with van der Waals surface area (Å²) in [5.41, 5.74) is 3.56. The molecule has 5 aromatic rings. The summed E-state index contributed by atoms with van der Waals surface area (Å²) in [6, 6.07) is 15.0. The summed E-state index contributed by atoms with van der Waals surface area (Å²) in [5, 5.41) is 12.1. The fraction of sp³-hybridized carbons (Fsp3) is 0.281. The quantitative estimate of drug-likeness (QED) is 0.255. The number of ether oxygens (including phenoxy) is 1. The van der Waals surface area contributed by atoms with Crippen molar-refractivity contribution in [3.05, 3.63) is 94.7 Å². The maximum Gasteiger partial charge on any atom is 0.408 e. The van der Waals surface area contributed by atoms with Crippen LogP contribution < -0.4 is 10.9 Å². The molecule has 1 fully saturated rings. The third-order valence-corrected chi connectivity index (χ3v) is 8.11. The number of fused-ring (bicyclic) bond motifs is 2. The van der Waals surface area contributed by atoms with Gasteiger partial charge in [-0.3, -0.25) is 9.78 Å². The molecule has 2 aliphatic rings. The molecule has 0 aliphatic carbocycles. The number of nitrogens with one attached hydrogen (secondary N) is 1. The van der Waals surface area contributed by atoms with Gasteiger partial charge in [-0.2, -0.15) is 23.4 Å². The number of carbonyl (C=O) groups is 1. The minimum absolute atomic E-state index is 0.0689. The van der Waals surface area contributed by atoms with E-state index in [1.165, 1.54) is 6.07 Å². The topological polar surface area (TPSA) is 107 Å². The van der Waals surface area contributed by atoms with Crippen molar-refractivity contribution in [3.63, 3.8) is 0 Å². The van der Waals surface area contributed by atoms with E-state index in [0.717, 1.165) is 35.9 Å². The molecule has 13 heteroatoms. The van der Waals surface area contributed by atoms with Gasteiger partial charge in [-0.15, -0.1) is 0 Å². The molecule has 0 spiro atoms. The molecule has 10 nitrogen and oxygen atoms in total. The summed E-state index contributed by atoms with van der Waals surface area (Å²) in [7, 11) is 0. The summed E-state index contributed by atoms with van der Waals surface area (Å²) in [4.78, 5) is 32.1. The Hall–Kier alpha value is -5.04. The molecule has 0 saturated carbocycles. The van der Waals surface area contributed by atoms with Gasteiger partial charge in [-0.1, -0.05) is 24.3 Å². The van der Waals surface area contributed by atoms with E-state index in [2.05, 4.69) is 20.5 Å². The molecule has 5 heterocycles. The Morgan fingerprint density at radius 2 is 1.82 bits per heavy atom. The van der Waals surface area contributed by atoms with Gasteiger partial charge in [-0.25, -0.2) is 14.2 Å². The number of amides is 2. The number of anilines is 1. The molecule has 3 aromatic heterocycles. The van der Waals surface area contributed by atoms with Crippen LogP contribution in [0.25, 0.3) is 33.3 Å². The van der Waals surface area contributed by atoms with Gasteiger partial charge in [0, 0.05) is 48.7 Å². The number of nitrogens with zero attached hydrogens (tertiary/aromatic N) is 6. The second kappa shape index (κ2) is 11.5. The highest BCUT2D eigenvalue weighted by molar-refractivity contribution is 5.95. The SMILES string of the molecule is O=C(Nc1ccc(-c2cc(-c3cccc4c3cnn4C3CCCCO3)c(=O)n(CC(F)(F)F)n2)cc1)N1Cc2ccncc2C1. The van der Waals surface area contributed by atoms with Gasteiger partial charge in [0.15, 0.2) is 6.23 Å². The Morgan fingerprint density at radius 3 is 2.58 bits per heavy atom. The molecule has 2 amide bonds. The van der Waals surface area contributed by atoms with E-state index in [1.807, 2.05) is 12.1 Å².